The van der Waals surface area contributed by atoms with Crippen LogP contribution in [0.3, 0.4) is 0 Å². The Morgan fingerprint density at radius 3 is 2.76 bits per heavy atom. The minimum Gasteiger partial charge on any atom is -0.436 e. The number of rotatable bonds is 6. The number of ether oxygens (including phenoxy) is 1. The van der Waals surface area contributed by atoms with Crippen LogP contribution in [0.25, 0.3) is 6.08 Å². The lowest BCUT2D eigenvalue weighted by atomic mass is 10.2. The third-order valence-corrected chi connectivity index (χ3v) is 5.38. The third kappa shape index (κ3) is 5.54. The van der Waals surface area contributed by atoms with Crippen LogP contribution >= 0.6 is 23.4 Å². The molecule has 8 nitrogen and oxygen atoms in total. The Morgan fingerprint density at radius 1 is 1.18 bits per heavy atom. The van der Waals surface area contributed by atoms with Gasteiger partial charge in [-0.05, 0) is 59.3 Å². The van der Waals surface area contributed by atoms with Gasteiger partial charge in [-0.15, -0.1) is 0 Å². The molecule has 1 saturated heterocycles. The zero-order valence-electron chi connectivity index (χ0n) is 16.7. The number of benzene rings is 2. The number of para-hydroxylation sites is 1. The fourth-order valence-electron chi connectivity index (χ4n) is 2.84. The summed E-state index contributed by atoms with van der Waals surface area (Å²) in [5.41, 5.74) is 1.08. The molecule has 1 aromatic heterocycles. The Labute approximate surface area is 196 Å². The Bertz CT molecular complexity index is 1270. The Morgan fingerprint density at radius 2 is 1.97 bits per heavy atom. The number of aromatic nitrogens is 2. The van der Waals surface area contributed by atoms with Gasteiger partial charge in [0.2, 0.25) is 17.0 Å². The number of imide groups is 1. The number of carbonyl (C=O) groups is 3. The Balaban J connectivity index is 1.46. The molecule has 0 radical (unpaired) electrons. The molecule has 1 aliphatic rings. The number of thioether (sulfide) groups is 1. The van der Waals surface area contributed by atoms with Crippen LogP contribution in [0.1, 0.15) is 5.56 Å². The van der Waals surface area contributed by atoms with Gasteiger partial charge in [0.25, 0.3) is 17.0 Å². The molecule has 4 rings (SSSR count). The van der Waals surface area contributed by atoms with Gasteiger partial charge in [0.15, 0.2) is 0 Å². The van der Waals surface area contributed by atoms with Crippen LogP contribution in [0, 0.1) is 5.82 Å². The number of amides is 3. The molecule has 0 bridgehead atoms. The predicted octanol–water partition coefficient (Wildman–Crippen LogP) is 4.74. The van der Waals surface area contributed by atoms with E-state index in [-0.39, 0.29) is 21.8 Å². The maximum Gasteiger partial charge on any atom is 0.294 e. The number of anilines is 1. The first-order valence-corrected chi connectivity index (χ1v) is 10.6. The first-order valence-electron chi connectivity index (χ1n) is 9.45. The molecule has 11 heteroatoms. The third-order valence-electron chi connectivity index (χ3n) is 4.29. The van der Waals surface area contributed by atoms with Crippen LogP contribution in [-0.4, -0.2) is 38.5 Å². The maximum atomic E-state index is 13.8. The minimum atomic E-state index is -0.792. The van der Waals surface area contributed by atoms with E-state index >= 15 is 0 Å². The predicted molar refractivity (Wildman–Crippen MR) is 121 cm³/mol. The molecule has 2 heterocycles. The van der Waals surface area contributed by atoms with E-state index in [2.05, 4.69) is 15.3 Å². The van der Waals surface area contributed by atoms with Crippen molar-refractivity contribution >= 4 is 52.2 Å². The Kier molecular flexibility index (Phi) is 6.66. The normalized spacial score (nSPS) is 14.6. The summed E-state index contributed by atoms with van der Waals surface area (Å²) in [4.78, 5) is 45.4. The lowest BCUT2D eigenvalue weighted by molar-refractivity contribution is -0.127. The van der Waals surface area contributed by atoms with Gasteiger partial charge in [-0.3, -0.25) is 19.3 Å². The summed E-state index contributed by atoms with van der Waals surface area (Å²) in [6.07, 6.45) is 2.37. The second kappa shape index (κ2) is 9.80. The number of hydrogen-bond acceptors (Lipinski definition) is 7. The molecule has 1 aliphatic heterocycles. The van der Waals surface area contributed by atoms with Gasteiger partial charge in [0, 0.05) is 5.69 Å². The fraction of sp³-hybridized carbons (Fsp3) is 0.0455. The van der Waals surface area contributed by atoms with Crippen LogP contribution in [0.5, 0.6) is 11.6 Å². The van der Waals surface area contributed by atoms with E-state index in [0.717, 1.165) is 22.9 Å². The van der Waals surface area contributed by atoms with Crippen molar-refractivity contribution in [3.05, 3.63) is 82.4 Å². The molecule has 0 spiro atoms. The molecule has 0 unspecified atom stereocenters. The molecule has 0 aliphatic carbocycles. The largest absolute Gasteiger partial charge is 0.436 e. The van der Waals surface area contributed by atoms with Crippen molar-refractivity contribution in [2.75, 3.05) is 11.9 Å². The number of halogens is 2. The average molecular weight is 485 g/mol. The van der Waals surface area contributed by atoms with Crippen molar-refractivity contribution in [1.82, 2.24) is 14.9 Å². The van der Waals surface area contributed by atoms with Gasteiger partial charge in [-0.25, -0.2) is 4.98 Å². The highest BCUT2D eigenvalue weighted by Gasteiger charge is 2.36. The summed E-state index contributed by atoms with van der Waals surface area (Å²) in [7, 11) is 0. The lowest BCUT2D eigenvalue weighted by Crippen LogP contribution is -2.36. The molecule has 1 fully saturated rings. The standard InChI is InChI=1S/C22H14ClFN4O4S/c23-21-25-11-16(24)19(27-21)32-15-8-4-5-13(9-15)10-17-20(30)28(22(31)33-17)12-18(29)26-14-6-2-1-3-7-14/h1-11H,12H2,(H,26,29)/b17-10+. The Hall–Kier alpha value is -3.76. The second-order valence-corrected chi connectivity index (χ2v) is 7.98. The van der Waals surface area contributed by atoms with Crippen molar-refractivity contribution in [2.45, 2.75) is 0 Å². The van der Waals surface area contributed by atoms with Gasteiger partial charge >= 0.3 is 0 Å². The summed E-state index contributed by atoms with van der Waals surface area (Å²) < 4.78 is 19.2. The molecular weight excluding hydrogens is 471 g/mol. The van der Waals surface area contributed by atoms with Gasteiger partial charge in [-0.2, -0.15) is 9.37 Å². The topological polar surface area (TPSA) is 101 Å². The van der Waals surface area contributed by atoms with Crippen molar-refractivity contribution < 1.29 is 23.5 Å². The maximum absolute atomic E-state index is 13.8. The number of carbonyl (C=O) groups excluding carboxylic acids is 3. The summed E-state index contributed by atoms with van der Waals surface area (Å²) >= 11 is 6.39. The van der Waals surface area contributed by atoms with Gasteiger partial charge in [0.05, 0.1) is 11.1 Å². The molecule has 33 heavy (non-hydrogen) atoms. The first kappa shape index (κ1) is 22.4. The molecule has 3 aromatic rings. The average Bonchev–Trinajstić information content (AvgIpc) is 3.04. The van der Waals surface area contributed by atoms with Crippen LogP contribution in [0.2, 0.25) is 5.28 Å². The summed E-state index contributed by atoms with van der Waals surface area (Å²) in [5.74, 6) is -1.99. The summed E-state index contributed by atoms with van der Waals surface area (Å²) in [6, 6.07) is 15.1. The molecule has 0 atom stereocenters. The summed E-state index contributed by atoms with van der Waals surface area (Å²) in [5, 5.41) is 1.90. The van der Waals surface area contributed by atoms with Gasteiger partial charge in [0.1, 0.15) is 12.3 Å². The minimum absolute atomic E-state index is 0.140. The first-order chi connectivity index (χ1) is 15.9. The molecular formula is C22H14ClFN4O4S. The number of nitrogens with zero attached hydrogens (tertiary/aromatic N) is 3. The van der Waals surface area contributed by atoms with Crippen LogP contribution in [0.15, 0.2) is 65.7 Å². The lowest BCUT2D eigenvalue weighted by Gasteiger charge is -2.12. The van der Waals surface area contributed by atoms with Crippen molar-refractivity contribution in [3.8, 4) is 11.6 Å². The molecule has 0 saturated carbocycles. The molecule has 166 valence electrons. The molecule has 2 aromatic carbocycles. The van der Waals surface area contributed by atoms with Crippen LogP contribution in [-0.2, 0) is 9.59 Å². The highest BCUT2D eigenvalue weighted by atomic mass is 35.5. The smallest absolute Gasteiger partial charge is 0.294 e. The number of nitrogens with one attached hydrogen (secondary N) is 1. The second-order valence-electron chi connectivity index (χ2n) is 6.65. The fourth-order valence-corrected chi connectivity index (χ4v) is 3.80. The molecule has 1 N–H and O–H groups in total. The monoisotopic (exact) mass is 484 g/mol. The van der Waals surface area contributed by atoms with Gasteiger partial charge < -0.3 is 10.1 Å². The van der Waals surface area contributed by atoms with Gasteiger partial charge in [-0.1, -0.05) is 30.3 Å². The van der Waals surface area contributed by atoms with E-state index in [1.165, 1.54) is 12.1 Å². The summed E-state index contributed by atoms with van der Waals surface area (Å²) in [6.45, 7) is -0.409. The van der Waals surface area contributed by atoms with Crippen molar-refractivity contribution in [3.63, 3.8) is 0 Å². The van der Waals surface area contributed by atoms with E-state index in [1.807, 2.05) is 0 Å². The highest BCUT2D eigenvalue weighted by molar-refractivity contribution is 8.18. The quantitative estimate of drug-likeness (QED) is 0.398. The van der Waals surface area contributed by atoms with E-state index < -0.39 is 29.4 Å². The van der Waals surface area contributed by atoms with E-state index in [1.54, 1.807) is 48.5 Å². The zero-order chi connectivity index (χ0) is 23.4. The van der Waals surface area contributed by atoms with E-state index in [0.29, 0.717) is 11.3 Å². The van der Waals surface area contributed by atoms with Crippen LogP contribution in [0.4, 0.5) is 14.9 Å². The number of hydrogen-bond donors (Lipinski definition) is 1. The van der Waals surface area contributed by atoms with E-state index in [9.17, 15) is 18.8 Å². The highest BCUT2D eigenvalue weighted by Crippen LogP contribution is 2.33. The van der Waals surface area contributed by atoms with Crippen molar-refractivity contribution in [1.29, 1.82) is 0 Å². The van der Waals surface area contributed by atoms with Crippen molar-refractivity contribution in [2.24, 2.45) is 0 Å². The zero-order valence-corrected chi connectivity index (χ0v) is 18.3. The molecule has 3 amide bonds. The van der Waals surface area contributed by atoms with Crippen LogP contribution < -0.4 is 10.1 Å². The van der Waals surface area contributed by atoms with E-state index in [4.69, 9.17) is 16.3 Å². The SMILES string of the molecule is O=C(CN1C(=O)S/C(=C/c2cccc(Oc3nc(Cl)ncc3F)c2)C1=O)Nc1ccccc1.